The van der Waals surface area contributed by atoms with E-state index in [0.717, 1.165) is 12.1 Å². The van der Waals surface area contributed by atoms with Gasteiger partial charge in [-0.3, -0.25) is 0 Å². The van der Waals surface area contributed by atoms with Crippen molar-refractivity contribution in [1.29, 1.82) is 0 Å². The fourth-order valence-corrected chi connectivity index (χ4v) is 1.92. The molecule has 0 radical (unpaired) electrons. The Morgan fingerprint density at radius 2 is 1.90 bits per heavy atom. The molecule has 1 atom stereocenters. The number of anilines is 1. The van der Waals surface area contributed by atoms with Crippen molar-refractivity contribution < 1.29 is 23.5 Å². The van der Waals surface area contributed by atoms with Gasteiger partial charge in [0.05, 0.1) is 0 Å². The molecule has 0 saturated heterocycles. The predicted molar refractivity (Wildman–Crippen MR) is 72.5 cm³/mol. The lowest BCUT2D eigenvalue weighted by Gasteiger charge is -2.15. The van der Waals surface area contributed by atoms with Crippen LogP contribution in [0.25, 0.3) is 0 Å². The molecule has 0 saturated carbocycles. The van der Waals surface area contributed by atoms with E-state index >= 15 is 0 Å². The predicted octanol–water partition coefficient (Wildman–Crippen LogP) is 3.10. The minimum atomic E-state index is -1.21. The first-order valence-electron chi connectivity index (χ1n) is 5.80. The van der Waals surface area contributed by atoms with Crippen molar-refractivity contribution in [2.75, 3.05) is 5.32 Å². The molecule has 20 heavy (non-hydrogen) atoms. The second-order valence-electron chi connectivity index (χ2n) is 4.02. The van der Waals surface area contributed by atoms with Crippen molar-refractivity contribution in [2.24, 2.45) is 0 Å². The molecule has 0 aliphatic heterocycles. The Labute approximate surface area is 122 Å². The summed E-state index contributed by atoms with van der Waals surface area (Å²) in [6.07, 6.45) is 0.756. The van der Waals surface area contributed by atoms with Gasteiger partial charge in [0.1, 0.15) is 11.7 Å². The van der Waals surface area contributed by atoms with E-state index in [2.05, 4.69) is 21.2 Å². The molecule has 0 aliphatic carbocycles. The van der Waals surface area contributed by atoms with Crippen LogP contribution in [-0.4, -0.2) is 23.1 Å². The summed E-state index contributed by atoms with van der Waals surface area (Å²) in [6, 6.07) is -0.119. The molecule has 0 spiro atoms. The van der Waals surface area contributed by atoms with Gasteiger partial charge in [-0.2, -0.15) is 0 Å². The van der Waals surface area contributed by atoms with E-state index in [-0.39, 0.29) is 10.9 Å². The van der Waals surface area contributed by atoms with Crippen LogP contribution in [0, 0.1) is 11.6 Å². The van der Waals surface area contributed by atoms with Gasteiger partial charge in [0, 0.05) is 4.47 Å². The number of halogens is 3. The van der Waals surface area contributed by atoms with Gasteiger partial charge < -0.3 is 15.7 Å². The van der Waals surface area contributed by atoms with E-state index in [1.807, 2.05) is 5.32 Å². The minimum absolute atomic E-state index is 0.188. The first-order chi connectivity index (χ1) is 9.35. The molecule has 0 fully saturated rings. The number of carbonyl (C=O) groups excluding carboxylic acids is 1. The van der Waals surface area contributed by atoms with Gasteiger partial charge >= 0.3 is 12.0 Å². The number of carboxylic acids is 1. The molecular weight excluding hydrogens is 338 g/mol. The quantitative estimate of drug-likeness (QED) is 0.763. The van der Waals surface area contributed by atoms with E-state index in [1.54, 1.807) is 6.92 Å². The molecule has 0 unspecified atom stereocenters. The van der Waals surface area contributed by atoms with Crippen molar-refractivity contribution in [2.45, 2.75) is 25.8 Å². The third-order valence-electron chi connectivity index (χ3n) is 2.43. The van der Waals surface area contributed by atoms with Gasteiger partial charge in [0.25, 0.3) is 0 Å². The highest BCUT2D eigenvalue weighted by molar-refractivity contribution is 9.10. The first-order valence-corrected chi connectivity index (χ1v) is 6.59. The largest absolute Gasteiger partial charge is 0.480 e. The van der Waals surface area contributed by atoms with Crippen LogP contribution in [0.15, 0.2) is 16.6 Å². The Hall–Kier alpha value is -1.70. The Bertz CT molecular complexity index is 502. The molecule has 1 rings (SSSR count). The van der Waals surface area contributed by atoms with Crippen LogP contribution >= 0.6 is 15.9 Å². The Morgan fingerprint density at radius 1 is 1.35 bits per heavy atom. The number of hydrogen-bond donors (Lipinski definition) is 3. The number of benzene rings is 1. The van der Waals surface area contributed by atoms with Crippen molar-refractivity contribution in [3.8, 4) is 0 Å². The normalized spacial score (nSPS) is 11.8. The van der Waals surface area contributed by atoms with Crippen molar-refractivity contribution in [1.82, 2.24) is 5.32 Å². The zero-order valence-electron chi connectivity index (χ0n) is 10.5. The lowest BCUT2D eigenvalue weighted by molar-refractivity contribution is -0.139. The fourth-order valence-electron chi connectivity index (χ4n) is 1.52. The second kappa shape index (κ2) is 7.18. The maximum atomic E-state index is 13.5. The SMILES string of the molecule is CCC[C@@H](NC(=O)Nc1c(F)cc(Br)cc1F)C(=O)O. The Balaban J connectivity index is 2.78. The number of hydrogen-bond acceptors (Lipinski definition) is 2. The van der Waals surface area contributed by atoms with E-state index < -0.39 is 35.4 Å². The van der Waals surface area contributed by atoms with Crippen LogP contribution in [0.5, 0.6) is 0 Å². The number of amides is 2. The van der Waals surface area contributed by atoms with Crippen LogP contribution in [0.1, 0.15) is 19.8 Å². The first kappa shape index (κ1) is 16.4. The van der Waals surface area contributed by atoms with Gasteiger partial charge in [-0.05, 0) is 18.6 Å². The Kier molecular flexibility index (Phi) is 5.87. The molecule has 0 aromatic heterocycles. The second-order valence-corrected chi connectivity index (χ2v) is 4.94. The summed E-state index contributed by atoms with van der Waals surface area (Å²) in [7, 11) is 0. The standard InChI is InChI=1S/C12H13BrF2N2O3/c1-2-3-9(11(18)19)16-12(20)17-10-7(14)4-6(13)5-8(10)15/h4-5,9H,2-3H2,1H3,(H,18,19)(H2,16,17,20)/t9-/m1/s1. The molecule has 110 valence electrons. The summed E-state index contributed by atoms with van der Waals surface area (Å²) in [5, 5.41) is 13.0. The lowest BCUT2D eigenvalue weighted by atomic mass is 10.2. The molecule has 0 aliphatic rings. The van der Waals surface area contributed by atoms with Crippen LogP contribution in [0.4, 0.5) is 19.3 Å². The highest BCUT2D eigenvalue weighted by Crippen LogP contribution is 2.23. The van der Waals surface area contributed by atoms with E-state index in [4.69, 9.17) is 5.11 Å². The van der Waals surface area contributed by atoms with Gasteiger partial charge in [-0.15, -0.1) is 0 Å². The van der Waals surface area contributed by atoms with E-state index in [9.17, 15) is 18.4 Å². The van der Waals surface area contributed by atoms with E-state index in [0.29, 0.717) is 6.42 Å². The molecule has 1 aromatic rings. The van der Waals surface area contributed by atoms with Gasteiger partial charge in [0.2, 0.25) is 0 Å². The monoisotopic (exact) mass is 350 g/mol. The molecule has 5 nitrogen and oxygen atoms in total. The van der Waals surface area contributed by atoms with Gasteiger partial charge in [0.15, 0.2) is 11.6 Å². The summed E-state index contributed by atoms with van der Waals surface area (Å²) >= 11 is 2.91. The maximum Gasteiger partial charge on any atom is 0.326 e. The third-order valence-corrected chi connectivity index (χ3v) is 2.88. The smallest absolute Gasteiger partial charge is 0.326 e. The zero-order chi connectivity index (χ0) is 15.3. The minimum Gasteiger partial charge on any atom is -0.480 e. The Morgan fingerprint density at radius 3 is 2.35 bits per heavy atom. The molecule has 0 bridgehead atoms. The molecule has 3 N–H and O–H groups in total. The summed E-state index contributed by atoms with van der Waals surface area (Å²) in [5.41, 5.74) is -0.633. The van der Waals surface area contributed by atoms with Crippen LogP contribution in [0.3, 0.4) is 0 Å². The average molecular weight is 351 g/mol. The summed E-state index contributed by atoms with van der Waals surface area (Å²) in [4.78, 5) is 22.4. The summed E-state index contributed by atoms with van der Waals surface area (Å²) in [5.74, 6) is -3.14. The number of carboxylic acid groups (broad SMARTS) is 1. The van der Waals surface area contributed by atoms with Crippen molar-refractivity contribution >= 4 is 33.6 Å². The topological polar surface area (TPSA) is 78.4 Å². The fraction of sp³-hybridized carbons (Fsp3) is 0.333. The zero-order valence-corrected chi connectivity index (χ0v) is 12.1. The van der Waals surface area contributed by atoms with E-state index in [1.165, 1.54) is 0 Å². The highest BCUT2D eigenvalue weighted by atomic mass is 79.9. The third kappa shape index (κ3) is 4.44. The molecular formula is C12H13BrF2N2O3. The number of nitrogens with one attached hydrogen (secondary N) is 2. The molecule has 8 heteroatoms. The lowest BCUT2D eigenvalue weighted by Crippen LogP contribution is -2.43. The maximum absolute atomic E-state index is 13.5. The van der Waals surface area contributed by atoms with Gasteiger partial charge in [-0.1, -0.05) is 29.3 Å². The molecule has 2 amide bonds. The van der Waals surface area contributed by atoms with Crippen molar-refractivity contribution in [3.63, 3.8) is 0 Å². The highest BCUT2D eigenvalue weighted by Gasteiger charge is 2.20. The number of urea groups is 1. The van der Waals surface area contributed by atoms with Crippen LogP contribution in [-0.2, 0) is 4.79 Å². The van der Waals surface area contributed by atoms with Crippen LogP contribution < -0.4 is 10.6 Å². The molecule has 0 heterocycles. The number of carbonyl (C=O) groups is 2. The summed E-state index contributed by atoms with van der Waals surface area (Å²) < 4.78 is 27.2. The number of rotatable bonds is 5. The average Bonchev–Trinajstić information content (AvgIpc) is 2.33. The van der Waals surface area contributed by atoms with Crippen LogP contribution in [0.2, 0.25) is 0 Å². The summed E-state index contributed by atoms with van der Waals surface area (Å²) in [6.45, 7) is 1.75. The molecule has 1 aromatic carbocycles. The van der Waals surface area contributed by atoms with Crippen molar-refractivity contribution in [3.05, 3.63) is 28.2 Å². The number of aliphatic carboxylic acids is 1. The van der Waals surface area contributed by atoms with Gasteiger partial charge in [-0.25, -0.2) is 18.4 Å².